The number of aromatic amines is 1. The van der Waals surface area contributed by atoms with E-state index in [1.54, 1.807) is 6.21 Å². The van der Waals surface area contributed by atoms with Crippen LogP contribution in [0.3, 0.4) is 0 Å². The van der Waals surface area contributed by atoms with Crippen LogP contribution in [0.5, 0.6) is 5.75 Å². The number of carbonyl (C=O) groups excluding carboxylic acids is 1. The number of fused-ring (bicyclic) bond motifs is 1. The normalized spacial score (nSPS) is 11.0. The van der Waals surface area contributed by atoms with Crippen LogP contribution >= 0.6 is 0 Å². The second-order valence-electron chi connectivity index (χ2n) is 4.54. The van der Waals surface area contributed by atoms with Crippen molar-refractivity contribution in [3.8, 4) is 5.75 Å². The molecule has 5 nitrogen and oxygen atoms in total. The minimum absolute atomic E-state index is 0.119. The molecule has 21 heavy (non-hydrogen) atoms. The van der Waals surface area contributed by atoms with Crippen molar-refractivity contribution in [2.45, 2.75) is 0 Å². The zero-order chi connectivity index (χ0) is 14.7. The molecule has 0 saturated carbocycles. The number of phenols is 1. The molecule has 1 amide bonds. The molecule has 0 atom stereocenters. The molecule has 0 aliphatic carbocycles. The number of hydrogen-bond donors (Lipinski definition) is 3. The third-order valence-corrected chi connectivity index (χ3v) is 3.12. The van der Waals surface area contributed by atoms with Crippen molar-refractivity contribution in [2.75, 3.05) is 0 Å². The highest BCUT2D eigenvalue weighted by molar-refractivity contribution is 6.00. The Morgan fingerprint density at radius 2 is 1.90 bits per heavy atom. The molecule has 3 rings (SSSR count). The quantitative estimate of drug-likeness (QED) is 0.509. The number of aromatic hydroxyl groups is 1. The fraction of sp³-hybridized carbons (Fsp3) is 0. The van der Waals surface area contributed by atoms with Crippen molar-refractivity contribution in [1.29, 1.82) is 0 Å². The average molecular weight is 279 g/mol. The van der Waals surface area contributed by atoms with Gasteiger partial charge in [0.25, 0.3) is 5.91 Å². The summed E-state index contributed by atoms with van der Waals surface area (Å²) in [7, 11) is 0. The number of para-hydroxylation sites is 1. The Morgan fingerprint density at radius 3 is 2.71 bits per heavy atom. The lowest BCUT2D eigenvalue weighted by atomic mass is 10.2. The van der Waals surface area contributed by atoms with Gasteiger partial charge in [-0.3, -0.25) is 4.79 Å². The summed E-state index contributed by atoms with van der Waals surface area (Å²) >= 11 is 0. The number of aromatic nitrogens is 1. The minimum Gasteiger partial charge on any atom is -0.508 e. The number of benzene rings is 2. The third-order valence-electron chi connectivity index (χ3n) is 3.12. The molecule has 0 unspecified atom stereocenters. The van der Waals surface area contributed by atoms with Crippen LogP contribution in [-0.4, -0.2) is 22.2 Å². The fourth-order valence-electron chi connectivity index (χ4n) is 2.04. The summed E-state index contributed by atoms with van der Waals surface area (Å²) in [4.78, 5) is 15.0. The number of nitrogens with one attached hydrogen (secondary N) is 2. The van der Waals surface area contributed by atoms with E-state index >= 15 is 0 Å². The van der Waals surface area contributed by atoms with Gasteiger partial charge in [0.2, 0.25) is 0 Å². The first-order chi connectivity index (χ1) is 10.2. The molecule has 0 bridgehead atoms. The van der Waals surface area contributed by atoms with Gasteiger partial charge in [-0.15, -0.1) is 0 Å². The van der Waals surface area contributed by atoms with Crippen molar-refractivity contribution in [3.63, 3.8) is 0 Å². The van der Waals surface area contributed by atoms with Gasteiger partial charge in [0.15, 0.2) is 0 Å². The van der Waals surface area contributed by atoms with Gasteiger partial charge in [-0.2, -0.15) is 5.10 Å². The Kier molecular flexibility index (Phi) is 3.39. The molecule has 0 fully saturated rings. The van der Waals surface area contributed by atoms with Crippen molar-refractivity contribution in [2.24, 2.45) is 5.10 Å². The molecule has 0 spiro atoms. The Hall–Kier alpha value is -3.08. The molecular weight excluding hydrogens is 266 g/mol. The highest BCUT2D eigenvalue weighted by atomic mass is 16.3. The molecule has 3 N–H and O–H groups in total. The van der Waals surface area contributed by atoms with Crippen LogP contribution in [0.4, 0.5) is 0 Å². The lowest BCUT2D eigenvalue weighted by molar-refractivity contribution is 0.0955. The number of nitrogens with zero attached hydrogens (tertiary/aromatic N) is 1. The summed E-state index contributed by atoms with van der Waals surface area (Å²) in [5, 5.41) is 14.2. The molecule has 0 radical (unpaired) electrons. The molecule has 3 aromatic rings. The van der Waals surface area contributed by atoms with Gasteiger partial charge in [-0.05, 0) is 30.3 Å². The highest BCUT2D eigenvalue weighted by Gasteiger charge is 2.04. The van der Waals surface area contributed by atoms with Crippen LogP contribution in [-0.2, 0) is 0 Å². The smallest absolute Gasteiger partial charge is 0.271 e. The number of rotatable bonds is 3. The van der Waals surface area contributed by atoms with Gasteiger partial charge in [-0.25, -0.2) is 5.43 Å². The first-order valence-electron chi connectivity index (χ1n) is 6.42. The summed E-state index contributed by atoms with van der Waals surface area (Å²) in [5.74, 6) is -0.208. The van der Waals surface area contributed by atoms with E-state index in [1.165, 1.54) is 24.3 Å². The number of phenolic OH excluding ortho intramolecular Hbond substituents is 1. The summed E-state index contributed by atoms with van der Waals surface area (Å²) in [6.45, 7) is 0. The lowest BCUT2D eigenvalue weighted by Gasteiger charge is -1.99. The molecule has 0 aliphatic rings. The molecule has 104 valence electrons. The molecule has 0 aliphatic heterocycles. The molecule has 2 aromatic carbocycles. The van der Waals surface area contributed by atoms with E-state index in [2.05, 4.69) is 15.5 Å². The number of hydrazone groups is 1. The van der Waals surface area contributed by atoms with E-state index in [4.69, 9.17) is 0 Å². The van der Waals surface area contributed by atoms with Crippen molar-refractivity contribution in [1.82, 2.24) is 10.4 Å². The van der Waals surface area contributed by atoms with Gasteiger partial charge in [0.05, 0.1) is 6.21 Å². The first-order valence-corrected chi connectivity index (χ1v) is 6.42. The van der Waals surface area contributed by atoms with E-state index in [0.29, 0.717) is 5.56 Å². The van der Waals surface area contributed by atoms with E-state index in [9.17, 15) is 9.90 Å². The van der Waals surface area contributed by atoms with Crippen LogP contribution in [0, 0.1) is 0 Å². The predicted molar refractivity (Wildman–Crippen MR) is 81.5 cm³/mol. The predicted octanol–water partition coefficient (Wildman–Crippen LogP) is 2.64. The van der Waals surface area contributed by atoms with E-state index < -0.39 is 0 Å². The molecule has 1 heterocycles. The maximum atomic E-state index is 11.8. The Morgan fingerprint density at radius 1 is 1.14 bits per heavy atom. The second kappa shape index (κ2) is 5.50. The van der Waals surface area contributed by atoms with Crippen LogP contribution in [0.25, 0.3) is 10.9 Å². The van der Waals surface area contributed by atoms with Crippen LogP contribution in [0.15, 0.2) is 59.8 Å². The third kappa shape index (κ3) is 2.76. The average Bonchev–Trinajstić information content (AvgIpc) is 2.91. The number of H-pyrrole nitrogens is 1. The number of amides is 1. The SMILES string of the molecule is O=C(NN=Cc1c[nH]c2ccccc12)c1ccc(O)cc1. The maximum absolute atomic E-state index is 11.8. The Bertz CT molecular complexity index is 804. The molecule has 5 heteroatoms. The minimum atomic E-state index is -0.328. The lowest BCUT2D eigenvalue weighted by Crippen LogP contribution is -2.17. The topological polar surface area (TPSA) is 77.5 Å². The molecule has 0 saturated heterocycles. The Balaban J connectivity index is 1.72. The van der Waals surface area contributed by atoms with Crippen molar-refractivity contribution >= 4 is 23.0 Å². The van der Waals surface area contributed by atoms with Crippen molar-refractivity contribution in [3.05, 3.63) is 65.9 Å². The van der Waals surface area contributed by atoms with Gasteiger partial charge in [-0.1, -0.05) is 18.2 Å². The van der Waals surface area contributed by atoms with Gasteiger partial charge < -0.3 is 10.1 Å². The number of carbonyl (C=O) groups is 1. The highest BCUT2D eigenvalue weighted by Crippen LogP contribution is 2.15. The second-order valence-corrected chi connectivity index (χ2v) is 4.54. The zero-order valence-electron chi connectivity index (χ0n) is 11.1. The summed E-state index contributed by atoms with van der Waals surface area (Å²) in [6, 6.07) is 13.8. The fourth-order valence-corrected chi connectivity index (χ4v) is 2.04. The van der Waals surface area contributed by atoms with E-state index in [-0.39, 0.29) is 11.7 Å². The summed E-state index contributed by atoms with van der Waals surface area (Å²) in [5.41, 5.74) is 4.81. The molecule has 1 aromatic heterocycles. The number of hydrogen-bond acceptors (Lipinski definition) is 3. The van der Waals surface area contributed by atoms with Crippen LogP contribution < -0.4 is 5.43 Å². The summed E-state index contributed by atoms with van der Waals surface area (Å²) < 4.78 is 0. The zero-order valence-corrected chi connectivity index (χ0v) is 11.1. The van der Waals surface area contributed by atoms with E-state index in [0.717, 1.165) is 16.5 Å². The largest absolute Gasteiger partial charge is 0.508 e. The van der Waals surface area contributed by atoms with Crippen LogP contribution in [0.1, 0.15) is 15.9 Å². The maximum Gasteiger partial charge on any atom is 0.271 e. The van der Waals surface area contributed by atoms with Gasteiger partial charge >= 0.3 is 0 Å². The van der Waals surface area contributed by atoms with Crippen molar-refractivity contribution < 1.29 is 9.90 Å². The van der Waals surface area contributed by atoms with Crippen LogP contribution in [0.2, 0.25) is 0 Å². The van der Waals surface area contributed by atoms with Gasteiger partial charge in [0, 0.05) is 28.2 Å². The Labute approximate surface area is 120 Å². The molecular formula is C16H13N3O2. The first kappa shape index (κ1) is 12.9. The standard InChI is InChI=1S/C16H13N3O2/c20-13-7-5-11(6-8-13)16(21)19-18-10-12-9-17-15-4-2-1-3-14(12)15/h1-10,17,20H,(H,19,21). The van der Waals surface area contributed by atoms with Gasteiger partial charge in [0.1, 0.15) is 5.75 Å². The summed E-state index contributed by atoms with van der Waals surface area (Å²) in [6.07, 6.45) is 3.43. The monoisotopic (exact) mass is 279 g/mol. The van der Waals surface area contributed by atoms with E-state index in [1.807, 2.05) is 30.5 Å².